The van der Waals surface area contributed by atoms with Crippen molar-refractivity contribution in [1.82, 2.24) is 0 Å². The normalized spacial score (nSPS) is 45.8. The third-order valence-electron chi connectivity index (χ3n) is 4.69. The van der Waals surface area contributed by atoms with Crippen LogP contribution in [-0.2, 0) is 23.7 Å². The number of rotatable bonds is 8. The minimum Gasteiger partial charge on any atom is -0.394 e. The summed E-state index contributed by atoms with van der Waals surface area (Å²) in [7, 11) is 1.29. The van der Waals surface area contributed by atoms with Gasteiger partial charge in [-0.3, -0.25) is 0 Å². The molecule has 11 nitrogen and oxygen atoms in total. The van der Waals surface area contributed by atoms with Crippen molar-refractivity contribution in [3.63, 3.8) is 0 Å². The summed E-state index contributed by atoms with van der Waals surface area (Å²) in [6.07, 6.45) is -12.2. The first kappa shape index (κ1) is 22.8. The van der Waals surface area contributed by atoms with E-state index >= 15 is 0 Å². The van der Waals surface area contributed by atoms with Gasteiger partial charge in [-0.05, 0) is 6.42 Å². The Hall–Kier alpha value is -0.440. The van der Waals surface area contributed by atoms with Crippen LogP contribution in [0.15, 0.2) is 0 Å². The molecule has 0 amide bonds. The van der Waals surface area contributed by atoms with E-state index in [1.54, 1.807) is 0 Å². The van der Waals surface area contributed by atoms with Gasteiger partial charge in [0.1, 0.15) is 48.8 Å². The molecule has 160 valence electrons. The largest absolute Gasteiger partial charge is 0.394 e. The number of methoxy groups -OCH3 is 1. The van der Waals surface area contributed by atoms with Gasteiger partial charge >= 0.3 is 0 Å². The molecule has 27 heavy (non-hydrogen) atoms. The summed E-state index contributed by atoms with van der Waals surface area (Å²) in [4.78, 5) is 0. The van der Waals surface area contributed by atoms with Crippen molar-refractivity contribution in [3.05, 3.63) is 0 Å². The second kappa shape index (κ2) is 10.4. The van der Waals surface area contributed by atoms with Gasteiger partial charge in [0.05, 0.1) is 13.2 Å². The molecule has 0 spiro atoms. The summed E-state index contributed by atoms with van der Waals surface area (Å²) < 4.78 is 26.7. The van der Waals surface area contributed by atoms with Crippen LogP contribution in [0.5, 0.6) is 0 Å². The average molecular weight is 398 g/mol. The lowest BCUT2D eigenvalue weighted by molar-refractivity contribution is -0.360. The van der Waals surface area contributed by atoms with Crippen molar-refractivity contribution in [3.8, 4) is 0 Å². The molecule has 10 atom stereocenters. The molecule has 2 aliphatic rings. The monoisotopic (exact) mass is 398 g/mol. The smallest absolute Gasteiger partial charge is 0.187 e. The van der Waals surface area contributed by atoms with E-state index in [0.29, 0.717) is 6.42 Å². The van der Waals surface area contributed by atoms with Gasteiger partial charge in [0.2, 0.25) is 0 Å². The zero-order valence-corrected chi connectivity index (χ0v) is 15.3. The van der Waals surface area contributed by atoms with Crippen molar-refractivity contribution in [1.29, 1.82) is 0 Å². The first-order valence-corrected chi connectivity index (χ1v) is 8.94. The molecule has 0 radical (unpaired) electrons. The van der Waals surface area contributed by atoms with Crippen LogP contribution in [0.2, 0.25) is 0 Å². The van der Waals surface area contributed by atoms with Crippen molar-refractivity contribution >= 4 is 0 Å². The lowest BCUT2D eigenvalue weighted by Crippen LogP contribution is -2.65. The standard InChI is InChI=1S/C16H30O11/c1-3-4-24-15-11(21)10(20)14(8(6-18)25-15)27-16-12(22)9(19)13(23-2)7(5-17)26-16/h7-22H,3-6H2,1-2H3. The van der Waals surface area contributed by atoms with E-state index in [4.69, 9.17) is 23.7 Å². The fourth-order valence-corrected chi connectivity index (χ4v) is 3.20. The van der Waals surface area contributed by atoms with Crippen LogP contribution >= 0.6 is 0 Å². The maximum absolute atomic E-state index is 10.4. The van der Waals surface area contributed by atoms with Crippen molar-refractivity contribution in [2.75, 3.05) is 26.9 Å². The molecule has 2 heterocycles. The van der Waals surface area contributed by atoms with Crippen LogP contribution in [0.25, 0.3) is 0 Å². The first-order chi connectivity index (χ1) is 12.9. The lowest BCUT2D eigenvalue weighted by Gasteiger charge is -2.46. The van der Waals surface area contributed by atoms with Crippen LogP contribution in [-0.4, -0.2) is 119 Å². The average Bonchev–Trinajstić information content (AvgIpc) is 2.67. The van der Waals surface area contributed by atoms with E-state index in [9.17, 15) is 30.6 Å². The summed E-state index contributed by atoms with van der Waals surface area (Å²) >= 11 is 0. The van der Waals surface area contributed by atoms with Crippen LogP contribution in [0.4, 0.5) is 0 Å². The van der Waals surface area contributed by atoms with Crippen molar-refractivity contribution in [2.45, 2.75) is 74.8 Å². The Labute approximate surface area is 157 Å². The Balaban J connectivity index is 2.10. The molecule has 0 bridgehead atoms. The van der Waals surface area contributed by atoms with Crippen LogP contribution < -0.4 is 0 Å². The summed E-state index contributed by atoms with van der Waals surface area (Å²) in [5, 5.41) is 60.0. The summed E-state index contributed by atoms with van der Waals surface area (Å²) in [6, 6.07) is 0. The molecule has 0 aliphatic carbocycles. The van der Waals surface area contributed by atoms with E-state index in [0.717, 1.165) is 0 Å². The Kier molecular flexibility index (Phi) is 8.77. The van der Waals surface area contributed by atoms with Crippen LogP contribution in [0.3, 0.4) is 0 Å². The number of hydrogen-bond donors (Lipinski definition) is 6. The van der Waals surface area contributed by atoms with Gasteiger partial charge < -0.3 is 54.3 Å². The van der Waals surface area contributed by atoms with Crippen LogP contribution in [0.1, 0.15) is 13.3 Å². The first-order valence-electron chi connectivity index (χ1n) is 8.94. The maximum Gasteiger partial charge on any atom is 0.187 e. The molecule has 2 aliphatic heterocycles. The van der Waals surface area contributed by atoms with Gasteiger partial charge in [0.25, 0.3) is 0 Å². The SMILES string of the molecule is CCCOC1OC(CO)C(OC2OC(CO)C(OC)C(O)C2O)C(O)C1O. The second-order valence-corrected chi connectivity index (χ2v) is 6.59. The Morgan fingerprint density at radius 2 is 1.30 bits per heavy atom. The molecule has 6 N–H and O–H groups in total. The fourth-order valence-electron chi connectivity index (χ4n) is 3.20. The fraction of sp³-hybridized carbons (Fsp3) is 1.00. The molecular formula is C16H30O11. The van der Waals surface area contributed by atoms with E-state index < -0.39 is 74.6 Å². The van der Waals surface area contributed by atoms with E-state index in [1.165, 1.54) is 7.11 Å². The van der Waals surface area contributed by atoms with E-state index in [-0.39, 0.29) is 6.61 Å². The highest BCUT2D eigenvalue weighted by Crippen LogP contribution is 2.30. The number of aliphatic hydroxyl groups excluding tert-OH is 6. The molecule has 10 unspecified atom stereocenters. The Morgan fingerprint density at radius 1 is 0.778 bits per heavy atom. The minimum absolute atomic E-state index is 0.283. The summed E-state index contributed by atoms with van der Waals surface area (Å²) in [5.41, 5.74) is 0. The zero-order valence-electron chi connectivity index (χ0n) is 15.3. The molecular weight excluding hydrogens is 368 g/mol. The molecule has 0 aromatic heterocycles. The Bertz CT molecular complexity index is 435. The van der Waals surface area contributed by atoms with Gasteiger partial charge in [0, 0.05) is 13.7 Å². The highest BCUT2D eigenvalue weighted by atomic mass is 16.7. The van der Waals surface area contributed by atoms with Gasteiger partial charge in [-0.25, -0.2) is 0 Å². The molecule has 0 aromatic carbocycles. The number of hydrogen-bond acceptors (Lipinski definition) is 11. The molecule has 0 aromatic rings. The van der Waals surface area contributed by atoms with Gasteiger partial charge in [-0.15, -0.1) is 0 Å². The van der Waals surface area contributed by atoms with Crippen molar-refractivity contribution < 1.29 is 54.3 Å². The lowest BCUT2D eigenvalue weighted by atomic mass is 9.97. The summed E-state index contributed by atoms with van der Waals surface area (Å²) in [5.74, 6) is 0. The quantitative estimate of drug-likeness (QED) is 0.242. The molecule has 2 saturated heterocycles. The molecule has 0 saturated carbocycles. The van der Waals surface area contributed by atoms with Crippen molar-refractivity contribution in [2.24, 2.45) is 0 Å². The van der Waals surface area contributed by atoms with Gasteiger partial charge in [-0.1, -0.05) is 6.92 Å². The predicted molar refractivity (Wildman–Crippen MR) is 87.4 cm³/mol. The molecule has 2 rings (SSSR count). The highest BCUT2D eigenvalue weighted by Gasteiger charge is 2.51. The van der Waals surface area contributed by atoms with E-state index in [2.05, 4.69) is 0 Å². The topological polar surface area (TPSA) is 168 Å². The van der Waals surface area contributed by atoms with Crippen LogP contribution in [0, 0.1) is 0 Å². The van der Waals surface area contributed by atoms with E-state index in [1.807, 2.05) is 6.92 Å². The zero-order chi connectivity index (χ0) is 20.1. The predicted octanol–water partition coefficient (Wildman–Crippen LogP) is -3.31. The number of ether oxygens (including phenoxy) is 5. The molecule has 2 fully saturated rings. The van der Waals surface area contributed by atoms with Gasteiger partial charge in [-0.2, -0.15) is 0 Å². The highest BCUT2D eigenvalue weighted by molar-refractivity contribution is 4.94. The maximum atomic E-state index is 10.4. The number of aliphatic hydroxyl groups is 6. The minimum atomic E-state index is -1.56. The Morgan fingerprint density at radius 3 is 1.85 bits per heavy atom. The van der Waals surface area contributed by atoms with Gasteiger partial charge in [0.15, 0.2) is 12.6 Å². The third-order valence-corrected chi connectivity index (χ3v) is 4.69. The molecule has 11 heteroatoms. The second-order valence-electron chi connectivity index (χ2n) is 6.59. The third kappa shape index (κ3) is 4.95. The summed E-state index contributed by atoms with van der Waals surface area (Å²) in [6.45, 7) is 1.07.